The number of rotatable bonds is 3. The minimum Gasteiger partial charge on any atom is -0.390 e. The number of aromatic nitrogens is 1. The lowest BCUT2D eigenvalue weighted by atomic mass is 10.1. The second-order valence-electron chi connectivity index (χ2n) is 5.27. The van der Waals surface area contributed by atoms with Crippen LogP contribution in [-0.4, -0.2) is 49.0 Å². The summed E-state index contributed by atoms with van der Waals surface area (Å²) in [6, 6.07) is 6.80. The van der Waals surface area contributed by atoms with Crippen LogP contribution in [0, 0.1) is 0 Å². The second-order valence-corrected chi connectivity index (χ2v) is 7.18. The first kappa shape index (κ1) is 15.4. The van der Waals surface area contributed by atoms with Crippen LogP contribution in [0.2, 0.25) is 0 Å². The van der Waals surface area contributed by atoms with Crippen molar-refractivity contribution in [2.45, 2.75) is 17.9 Å². The lowest BCUT2D eigenvalue weighted by molar-refractivity contribution is 0.278. The number of hydrogen-bond acceptors (Lipinski definition) is 5. The maximum absolute atomic E-state index is 13.0. The fourth-order valence-electron chi connectivity index (χ4n) is 2.79. The van der Waals surface area contributed by atoms with Crippen LogP contribution >= 0.6 is 0 Å². The van der Waals surface area contributed by atoms with Crippen LogP contribution in [0.3, 0.4) is 0 Å². The molecule has 0 saturated carbocycles. The summed E-state index contributed by atoms with van der Waals surface area (Å²) in [6.07, 6.45) is 2.34. The summed E-state index contributed by atoms with van der Waals surface area (Å²) in [5.74, 6) is 0. The predicted octanol–water partition coefficient (Wildman–Crippen LogP) is 0.711. The van der Waals surface area contributed by atoms with E-state index < -0.39 is 10.0 Å². The molecule has 1 aliphatic rings. The van der Waals surface area contributed by atoms with Crippen LogP contribution in [0.5, 0.6) is 0 Å². The number of sulfonamides is 1. The highest BCUT2D eigenvalue weighted by Gasteiger charge is 2.26. The van der Waals surface area contributed by atoms with Crippen molar-refractivity contribution in [1.29, 1.82) is 0 Å². The van der Waals surface area contributed by atoms with E-state index in [1.807, 2.05) is 0 Å². The van der Waals surface area contributed by atoms with Crippen molar-refractivity contribution in [3.63, 3.8) is 0 Å². The van der Waals surface area contributed by atoms with E-state index in [2.05, 4.69) is 10.3 Å². The molecule has 0 atom stereocenters. The Morgan fingerprint density at radius 1 is 1.18 bits per heavy atom. The van der Waals surface area contributed by atoms with E-state index in [1.165, 1.54) is 10.5 Å². The lowest BCUT2D eigenvalue weighted by Crippen LogP contribution is -2.34. The van der Waals surface area contributed by atoms with Gasteiger partial charge in [-0.15, -0.1) is 0 Å². The summed E-state index contributed by atoms with van der Waals surface area (Å²) in [6.45, 7) is 2.27. The van der Waals surface area contributed by atoms with E-state index in [0.29, 0.717) is 36.1 Å². The average Bonchev–Trinajstić information content (AvgIpc) is 2.83. The Bertz CT molecular complexity index is 769. The van der Waals surface area contributed by atoms with E-state index >= 15 is 0 Å². The minimum absolute atomic E-state index is 0.214. The van der Waals surface area contributed by atoms with E-state index in [4.69, 9.17) is 0 Å². The number of aliphatic hydroxyl groups excluding tert-OH is 1. The highest BCUT2D eigenvalue weighted by Crippen LogP contribution is 2.27. The third-order valence-corrected chi connectivity index (χ3v) is 5.87. The van der Waals surface area contributed by atoms with Crippen molar-refractivity contribution in [2.75, 3.05) is 26.2 Å². The fraction of sp³-hybridized carbons (Fsp3) is 0.400. The zero-order chi connectivity index (χ0) is 15.6. The third-order valence-electron chi connectivity index (χ3n) is 3.92. The second kappa shape index (κ2) is 6.29. The lowest BCUT2D eigenvalue weighted by Gasteiger charge is -2.20. The zero-order valence-corrected chi connectivity index (χ0v) is 13.0. The van der Waals surface area contributed by atoms with Gasteiger partial charge >= 0.3 is 0 Å². The van der Waals surface area contributed by atoms with E-state index in [-0.39, 0.29) is 11.5 Å². The van der Waals surface area contributed by atoms with Crippen LogP contribution < -0.4 is 5.32 Å². The third kappa shape index (κ3) is 2.72. The van der Waals surface area contributed by atoms with Crippen molar-refractivity contribution >= 4 is 20.8 Å². The summed E-state index contributed by atoms with van der Waals surface area (Å²) in [5.41, 5.74) is 0.493. The number of nitrogens with zero attached hydrogens (tertiary/aromatic N) is 2. The molecule has 7 heteroatoms. The highest BCUT2D eigenvalue weighted by molar-refractivity contribution is 7.89. The van der Waals surface area contributed by atoms with Crippen LogP contribution in [0.25, 0.3) is 10.8 Å². The molecule has 1 aromatic heterocycles. The maximum atomic E-state index is 13.0. The monoisotopic (exact) mass is 321 g/mol. The minimum atomic E-state index is -3.55. The Morgan fingerprint density at radius 2 is 2.05 bits per heavy atom. The molecular weight excluding hydrogens is 302 g/mol. The molecule has 118 valence electrons. The van der Waals surface area contributed by atoms with E-state index in [9.17, 15) is 13.5 Å². The number of benzene rings is 1. The van der Waals surface area contributed by atoms with E-state index in [0.717, 1.165) is 13.0 Å². The molecule has 1 fully saturated rings. The van der Waals surface area contributed by atoms with Gasteiger partial charge in [-0.3, -0.25) is 4.98 Å². The van der Waals surface area contributed by atoms with Gasteiger partial charge in [0.05, 0.1) is 17.2 Å². The molecule has 0 unspecified atom stereocenters. The van der Waals surface area contributed by atoms with Gasteiger partial charge in [0.25, 0.3) is 0 Å². The highest BCUT2D eigenvalue weighted by atomic mass is 32.2. The van der Waals surface area contributed by atoms with Crippen LogP contribution in [0.4, 0.5) is 0 Å². The summed E-state index contributed by atoms with van der Waals surface area (Å²) < 4.78 is 27.5. The Hall–Kier alpha value is -1.54. The molecular formula is C15H19N3O3S. The van der Waals surface area contributed by atoms with Gasteiger partial charge < -0.3 is 10.4 Å². The van der Waals surface area contributed by atoms with Gasteiger partial charge in [0.15, 0.2) is 0 Å². The van der Waals surface area contributed by atoms with Gasteiger partial charge in [-0.05, 0) is 25.1 Å². The van der Waals surface area contributed by atoms with Crippen LogP contribution in [-0.2, 0) is 16.6 Å². The SMILES string of the molecule is O=S(=O)(c1cccc2c(CO)nccc12)N1CCCNCC1. The molecule has 0 amide bonds. The molecule has 2 N–H and O–H groups in total. The standard InChI is InChI=1S/C15H19N3O3S/c19-11-14-12-3-1-4-15(13(12)5-7-17-14)22(20,21)18-9-2-6-16-8-10-18/h1,3-5,7,16,19H,2,6,8-11H2. The molecule has 1 aromatic carbocycles. The molecule has 6 nitrogen and oxygen atoms in total. The smallest absolute Gasteiger partial charge is 0.243 e. The molecule has 1 saturated heterocycles. The summed E-state index contributed by atoms with van der Waals surface area (Å²) >= 11 is 0. The predicted molar refractivity (Wildman–Crippen MR) is 83.9 cm³/mol. The van der Waals surface area contributed by atoms with Crippen molar-refractivity contribution in [3.8, 4) is 0 Å². The van der Waals surface area contributed by atoms with Crippen molar-refractivity contribution in [1.82, 2.24) is 14.6 Å². The molecule has 0 bridgehead atoms. The molecule has 1 aliphatic heterocycles. The Balaban J connectivity index is 2.12. The molecule has 3 rings (SSSR count). The van der Waals surface area contributed by atoms with Crippen molar-refractivity contribution in [2.24, 2.45) is 0 Å². The van der Waals surface area contributed by atoms with Crippen LogP contribution in [0.15, 0.2) is 35.4 Å². The summed E-state index contributed by atoms with van der Waals surface area (Å²) in [4.78, 5) is 4.39. The summed E-state index contributed by atoms with van der Waals surface area (Å²) in [5, 5.41) is 13.9. The average molecular weight is 321 g/mol. The topological polar surface area (TPSA) is 82.5 Å². The molecule has 22 heavy (non-hydrogen) atoms. The first-order chi connectivity index (χ1) is 10.6. The Labute approximate surface area is 129 Å². The Morgan fingerprint density at radius 3 is 2.86 bits per heavy atom. The normalized spacial score (nSPS) is 17.5. The van der Waals surface area contributed by atoms with Gasteiger partial charge in [0.1, 0.15) is 0 Å². The van der Waals surface area contributed by atoms with Crippen LogP contribution in [0.1, 0.15) is 12.1 Å². The van der Waals surface area contributed by atoms with Gasteiger partial charge in [-0.25, -0.2) is 8.42 Å². The zero-order valence-electron chi connectivity index (χ0n) is 12.2. The molecule has 0 aliphatic carbocycles. The van der Waals surface area contributed by atoms with E-state index in [1.54, 1.807) is 24.3 Å². The van der Waals surface area contributed by atoms with Crippen molar-refractivity contribution < 1.29 is 13.5 Å². The van der Waals surface area contributed by atoms with Crippen molar-refractivity contribution in [3.05, 3.63) is 36.2 Å². The maximum Gasteiger partial charge on any atom is 0.243 e. The number of aliphatic hydroxyl groups is 1. The first-order valence-electron chi connectivity index (χ1n) is 7.33. The molecule has 0 spiro atoms. The van der Waals surface area contributed by atoms with Gasteiger partial charge in [0, 0.05) is 36.6 Å². The number of pyridine rings is 1. The molecule has 2 heterocycles. The van der Waals surface area contributed by atoms with Gasteiger partial charge in [-0.1, -0.05) is 12.1 Å². The first-order valence-corrected chi connectivity index (χ1v) is 8.77. The van der Waals surface area contributed by atoms with Gasteiger partial charge in [-0.2, -0.15) is 4.31 Å². The number of nitrogens with one attached hydrogen (secondary N) is 1. The fourth-order valence-corrected chi connectivity index (χ4v) is 4.48. The Kier molecular flexibility index (Phi) is 4.39. The quantitative estimate of drug-likeness (QED) is 0.870. The molecule has 2 aromatic rings. The molecule has 0 radical (unpaired) electrons. The van der Waals surface area contributed by atoms with Gasteiger partial charge in [0.2, 0.25) is 10.0 Å². The summed E-state index contributed by atoms with van der Waals surface area (Å²) in [7, 11) is -3.55. The largest absolute Gasteiger partial charge is 0.390 e. The number of hydrogen-bond donors (Lipinski definition) is 2. The number of fused-ring (bicyclic) bond motifs is 1.